The third-order valence-corrected chi connectivity index (χ3v) is 31.1. The predicted octanol–water partition coefficient (Wildman–Crippen LogP) is 28.6. The van der Waals surface area contributed by atoms with Crippen molar-refractivity contribution in [2.75, 3.05) is 5.33 Å². The number of carbonyl (C=O) groups excluding carboxylic acids is 5. The molecular formula is C107H91Br5F3O10S5+5. The maximum absolute atomic E-state index is 13.9. The second-order valence-electron chi connectivity index (χ2n) is 29.6. The van der Waals surface area contributed by atoms with Crippen LogP contribution in [-0.4, -0.2) is 53.0 Å². The first-order valence-electron chi connectivity index (χ1n) is 40.7. The van der Waals surface area contributed by atoms with E-state index in [1.807, 2.05) is 273 Å². The zero-order chi connectivity index (χ0) is 92.7. The first-order valence-corrected chi connectivity index (χ1v) is 51.2. The zero-order valence-electron chi connectivity index (χ0n) is 71.6. The van der Waals surface area contributed by atoms with Gasteiger partial charge in [-0.1, -0.05) is 280 Å². The van der Waals surface area contributed by atoms with E-state index in [-0.39, 0.29) is 72.5 Å². The molecule has 10 nitrogen and oxygen atoms in total. The van der Waals surface area contributed by atoms with Crippen LogP contribution in [0.25, 0.3) is 0 Å². The summed E-state index contributed by atoms with van der Waals surface area (Å²) in [6.07, 6.45) is 0. The molecule has 0 aromatic heterocycles. The topological polar surface area (TPSA) is 132 Å². The maximum Gasteiger partial charge on any atom is 0.327 e. The van der Waals surface area contributed by atoms with Crippen LogP contribution in [0.4, 0.5) is 13.2 Å². The van der Waals surface area contributed by atoms with Gasteiger partial charge in [0, 0.05) is 36.4 Å². The first-order chi connectivity index (χ1) is 62.5. The Morgan fingerprint density at radius 1 is 0.269 bits per heavy atom. The Bertz CT molecular complexity index is 6060. The Morgan fingerprint density at radius 3 is 0.800 bits per heavy atom. The molecule has 130 heavy (non-hydrogen) atoms. The quantitative estimate of drug-likeness (QED) is 0.0236. The lowest BCUT2D eigenvalue weighted by molar-refractivity contribution is -0.137. The van der Waals surface area contributed by atoms with Gasteiger partial charge in [0.15, 0.2) is 76.0 Å². The van der Waals surface area contributed by atoms with E-state index in [0.717, 1.165) is 45.2 Å². The molecule has 0 bridgehead atoms. The number of para-hydroxylation sites is 3. The van der Waals surface area contributed by atoms with Crippen molar-refractivity contribution in [3.05, 3.63) is 424 Å². The molecule has 15 aromatic carbocycles. The molecule has 0 fully saturated rings. The molecule has 0 spiro atoms. The lowest BCUT2D eigenvalue weighted by atomic mass is 10.2. The van der Waals surface area contributed by atoms with Gasteiger partial charge < -0.3 is 23.7 Å². The molecule has 0 heterocycles. The maximum atomic E-state index is 13.9. The van der Waals surface area contributed by atoms with Gasteiger partial charge in [-0.25, -0.2) is 13.2 Å². The Kier molecular flexibility index (Phi) is 37.9. The van der Waals surface area contributed by atoms with Crippen LogP contribution in [-0.2, 0) is 78.4 Å². The fourth-order valence-corrected chi connectivity index (χ4v) is 23.4. The third-order valence-electron chi connectivity index (χ3n) is 18.2. The minimum atomic E-state index is -0.824. The van der Waals surface area contributed by atoms with E-state index in [1.165, 1.54) is 47.6 Å². The average molecular weight is 2150 g/mol. The van der Waals surface area contributed by atoms with Crippen molar-refractivity contribution in [2.45, 2.75) is 140 Å². The molecular weight excluding hydrogens is 2060 g/mol. The molecule has 15 rings (SSSR count). The number of halogens is 8. The highest BCUT2D eigenvalue weighted by molar-refractivity contribution is 9.10. The minimum absolute atomic E-state index is 0.172. The normalized spacial score (nSPS) is 11.8. The van der Waals surface area contributed by atoms with Crippen LogP contribution in [0.15, 0.2) is 480 Å². The fourth-order valence-electron chi connectivity index (χ4n) is 12.1. The van der Waals surface area contributed by atoms with Gasteiger partial charge >= 0.3 is 29.8 Å². The first kappa shape index (κ1) is 100. The number of rotatable bonds is 25. The van der Waals surface area contributed by atoms with E-state index in [1.54, 1.807) is 84.9 Å². The molecule has 0 aliphatic heterocycles. The summed E-state index contributed by atoms with van der Waals surface area (Å²) in [6.45, 7) is 12.2. The van der Waals surface area contributed by atoms with Gasteiger partial charge in [-0.2, -0.15) is 0 Å². The number of carbonyl (C=O) groups is 5. The smallest absolute Gasteiger partial charge is 0.327 e. The number of ether oxygens (including phenoxy) is 5. The highest BCUT2D eigenvalue weighted by Gasteiger charge is 2.39. The highest BCUT2D eigenvalue weighted by atomic mass is 79.9. The molecule has 0 aliphatic carbocycles. The summed E-state index contributed by atoms with van der Waals surface area (Å²) >= 11 is 16.4. The SMILES string of the molecule is CC(Br)C(=O)Oc1ccccc1[S+](c1ccccc1)c1ccccc1.CC(C)(Br)C(=O)Oc1cccc([S+](c2ccccc2)c2cc(F)cc(F)c2)c1.CC(C)(Br)C(=O)Oc1cccc([S+](c2ccccc2)c2cccc(F)c2)c1.CC(C)(Br)C(=O)Oc1ccccc1[S+](c1ccccc1)c1ccccc1.O=C(CBr)Oc1ccccc1[S+](c1ccccc1)c1ccccc1. The number of alkyl halides is 5. The summed E-state index contributed by atoms with van der Waals surface area (Å²) in [6, 6.07) is 129. The number of esters is 5. The van der Waals surface area contributed by atoms with E-state index in [4.69, 9.17) is 23.7 Å². The van der Waals surface area contributed by atoms with Crippen molar-refractivity contribution in [3.63, 3.8) is 0 Å². The molecule has 3 atom stereocenters. The molecule has 0 radical (unpaired) electrons. The van der Waals surface area contributed by atoms with Crippen molar-refractivity contribution in [1.29, 1.82) is 0 Å². The van der Waals surface area contributed by atoms with E-state index < -0.39 is 52.4 Å². The van der Waals surface area contributed by atoms with Crippen LogP contribution < -0.4 is 23.7 Å². The molecule has 0 amide bonds. The fraction of sp³-hybridized carbons (Fsp3) is 0.112. The third kappa shape index (κ3) is 29.5. The van der Waals surface area contributed by atoms with Crippen LogP contribution >= 0.6 is 79.6 Å². The molecule has 3 unspecified atom stereocenters. The van der Waals surface area contributed by atoms with E-state index in [9.17, 15) is 37.1 Å². The Hall–Kier alpha value is -10.4. The Balaban J connectivity index is 0.000000157. The monoisotopic (exact) mass is 2150 g/mol. The average Bonchev–Trinajstić information content (AvgIpc) is 0.822. The van der Waals surface area contributed by atoms with Crippen molar-refractivity contribution in [3.8, 4) is 28.7 Å². The van der Waals surface area contributed by atoms with Gasteiger partial charge in [0.25, 0.3) is 0 Å². The Labute approximate surface area is 814 Å². The van der Waals surface area contributed by atoms with Gasteiger partial charge in [-0.15, -0.1) is 0 Å². The van der Waals surface area contributed by atoms with Crippen LogP contribution in [0.2, 0.25) is 0 Å². The zero-order valence-corrected chi connectivity index (χ0v) is 83.6. The standard InChI is InChI=1S/C22H18BrF2O2S.C22H19BrFO2S.C22H20BrO2S.C21H18BrO2S.C20H16BrO2S/c1-22(2,23)21(26)27-17-7-6-10-19(14-17)28(18-8-4-3-5-9-18)20-12-15(24)11-16(25)13-20;1-22(2,23)21(25)26-17-9-7-13-20(15-17)27(18-10-4-3-5-11-18)19-12-6-8-16(24)14-19;1-22(2,23)21(24)25-19-15-9-10-16-20(19)26(17-11-5-3-6-12-17)18-13-7-4-8-14-18;1-16(22)21(23)24-19-14-8-9-15-20(19)25(17-10-4-2-5-11-17)18-12-6-3-7-13-18;21-15-20(22)23-18-13-7-8-14-19(18)24(16-9-3-1-4-10-16)17-11-5-2-6-12-17/h3-14H,1-2H3;3-15H,1-2H3;3-16H,1-2H3;2-16H,1H3;1-14H,15H2/q5*+1. The van der Waals surface area contributed by atoms with Crippen LogP contribution in [0.3, 0.4) is 0 Å². The number of hydrogen-bond donors (Lipinski definition) is 0. The van der Waals surface area contributed by atoms with Gasteiger partial charge in [0.1, 0.15) is 84.8 Å². The summed E-state index contributed by atoms with van der Waals surface area (Å²) in [4.78, 5) is 75.5. The van der Waals surface area contributed by atoms with Crippen molar-refractivity contribution < 1.29 is 60.8 Å². The van der Waals surface area contributed by atoms with Gasteiger partial charge in [0.05, 0.1) is 21.8 Å². The molecule has 23 heteroatoms. The van der Waals surface area contributed by atoms with Crippen molar-refractivity contribution >= 4 is 164 Å². The van der Waals surface area contributed by atoms with E-state index >= 15 is 0 Å². The molecule has 0 saturated heterocycles. The second-order valence-corrected chi connectivity index (χ2v) is 47.5. The molecule has 0 saturated carbocycles. The molecule has 15 aromatic rings. The lowest BCUT2D eigenvalue weighted by Gasteiger charge is -2.16. The largest absolute Gasteiger partial charge is 0.425 e. The Morgan fingerprint density at radius 2 is 0.508 bits per heavy atom. The second kappa shape index (κ2) is 49.2. The highest BCUT2D eigenvalue weighted by Crippen LogP contribution is 2.43. The summed E-state index contributed by atoms with van der Waals surface area (Å²) < 4.78 is 67.2. The number of hydrogen-bond acceptors (Lipinski definition) is 10. The van der Waals surface area contributed by atoms with E-state index in [2.05, 4.69) is 152 Å². The van der Waals surface area contributed by atoms with Crippen LogP contribution in [0, 0.1) is 17.5 Å². The summed E-state index contributed by atoms with van der Waals surface area (Å²) in [5, 5.41) is 0.172. The molecule has 0 N–H and O–H groups in total. The lowest BCUT2D eigenvalue weighted by Crippen LogP contribution is -2.29. The summed E-state index contributed by atoms with van der Waals surface area (Å²) in [7, 11) is -2.33. The van der Waals surface area contributed by atoms with Crippen LogP contribution in [0.5, 0.6) is 28.7 Å². The molecule has 0 aliphatic rings. The summed E-state index contributed by atoms with van der Waals surface area (Å²) in [5.74, 6) is -0.586. The van der Waals surface area contributed by atoms with Crippen molar-refractivity contribution in [1.82, 2.24) is 0 Å². The van der Waals surface area contributed by atoms with Gasteiger partial charge in [-0.3, -0.25) is 24.0 Å². The van der Waals surface area contributed by atoms with Gasteiger partial charge in [-0.05, 0) is 218 Å². The summed E-state index contributed by atoms with van der Waals surface area (Å²) in [5.41, 5.74) is 0. The van der Waals surface area contributed by atoms with E-state index in [0.29, 0.717) is 33.6 Å². The number of benzene rings is 15. The van der Waals surface area contributed by atoms with Gasteiger partial charge in [0.2, 0.25) is 14.7 Å². The van der Waals surface area contributed by atoms with Crippen molar-refractivity contribution in [2.24, 2.45) is 0 Å². The van der Waals surface area contributed by atoms with Crippen LogP contribution in [0.1, 0.15) is 48.5 Å². The predicted molar refractivity (Wildman–Crippen MR) is 537 cm³/mol. The molecule has 660 valence electrons. The minimum Gasteiger partial charge on any atom is -0.425 e.